The highest BCUT2D eigenvalue weighted by Crippen LogP contribution is 2.50. The van der Waals surface area contributed by atoms with Gasteiger partial charge in [0.2, 0.25) is 0 Å². The van der Waals surface area contributed by atoms with Gasteiger partial charge in [-0.25, -0.2) is 0 Å². The van der Waals surface area contributed by atoms with Crippen LogP contribution in [-0.4, -0.2) is 15.9 Å². The lowest BCUT2D eigenvalue weighted by Crippen LogP contribution is -2.35. The largest absolute Gasteiger partial charge is 0.376 e. The van der Waals surface area contributed by atoms with E-state index < -0.39 is 10.2 Å². The molecule has 0 saturated heterocycles. The topological polar surface area (TPSA) is 50.4 Å². The molecule has 3 nitrogen and oxygen atoms in total. The van der Waals surface area contributed by atoms with Crippen LogP contribution in [-0.2, 0) is 6.42 Å². The van der Waals surface area contributed by atoms with E-state index in [1.807, 2.05) is 13.1 Å². The molecular formula is C14H19N3S2. The van der Waals surface area contributed by atoms with Crippen LogP contribution in [0.25, 0.3) is 0 Å². The molecule has 1 atom stereocenters. The summed E-state index contributed by atoms with van der Waals surface area (Å²) in [6.07, 6.45) is 2.84. The molecule has 0 amide bonds. The van der Waals surface area contributed by atoms with E-state index >= 15 is 0 Å². The molecule has 5 heteroatoms. The molecule has 1 aliphatic heterocycles. The first-order valence-electron chi connectivity index (χ1n) is 6.17. The van der Waals surface area contributed by atoms with Crippen LogP contribution >= 0.6 is 22.4 Å². The van der Waals surface area contributed by atoms with Gasteiger partial charge in [0.1, 0.15) is 0 Å². The fourth-order valence-electron chi connectivity index (χ4n) is 2.02. The molecule has 1 aromatic carbocycles. The summed E-state index contributed by atoms with van der Waals surface area (Å²) < 4.78 is 3.26. The first-order chi connectivity index (χ1) is 9.02. The fraction of sp³-hybridized carbons (Fsp3) is 0.286. The Balaban J connectivity index is 2.10. The zero-order chi connectivity index (χ0) is 13.9. The SMILES string of the molecule is CC1=NC=CS1(CCc1ccc(C)cc1)NC(N)=S. The third-order valence-corrected chi connectivity index (χ3v) is 6.60. The number of benzene rings is 1. The van der Waals surface area contributed by atoms with Gasteiger partial charge in [-0.1, -0.05) is 29.8 Å². The lowest BCUT2D eigenvalue weighted by atomic mass is 10.1. The van der Waals surface area contributed by atoms with Crippen molar-refractivity contribution in [2.45, 2.75) is 20.3 Å². The van der Waals surface area contributed by atoms with Gasteiger partial charge >= 0.3 is 0 Å². The van der Waals surface area contributed by atoms with Gasteiger partial charge in [-0.2, -0.15) is 0 Å². The molecule has 0 spiro atoms. The fourth-order valence-corrected chi connectivity index (χ4v) is 4.85. The van der Waals surface area contributed by atoms with Gasteiger partial charge in [0.05, 0.1) is 5.04 Å². The molecule has 3 N–H and O–H groups in total. The first kappa shape index (κ1) is 14.1. The third-order valence-electron chi connectivity index (χ3n) is 3.19. The van der Waals surface area contributed by atoms with Crippen molar-refractivity contribution < 1.29 is 0 Å². The molecule has 0 radical (unpaired) electrons. The number of hydrogen-bond donors (Lipinski definition) is 2. The molecule has 102 valence electrons. The average molecular weight is 293 g/mol. The third kappa shape index (κ3) is 3.36. The summed E-state index contributed by atoms with van der Waals surface area (Å²) in [6, 6.07) is 8.64. The molecule has 1 unspecified atom stereocenters. The summed E-state index contributed by atoms with van der Waals surface area (Å²) in [5, 5.41) is 3.56. The molecular weight excluding hydrogens is 274 g/mol. The molecule has 2 rings (SSSR count). The van der Waals surface area contributed by atoms with Gasteiger partial charge in [-0.05, 0) is 43.5 Å². The second-order valence-electron chi connectivity index (χ2n) is 4.63. The van der Waals surface area contributed by atoms with Gasteiger partial charge in [-0.3, -0.25) is 4.99 Å². The number of rotatable bonds is 4. The second kappa shape index (κ2) is 5.75. The van der Waals surface area contributed by atoms with Gasteiger partial charge in [0.25, 0.3) is 0 Å². The van der Waals surface area contributed by atoms with E-state index in [1.54, 1.807) is 0 Å². The number of nitrogens with one attached hydrogen (secondary N) is 1. The summed E-state index contributed by atoms with van der Waals surface area (Å²) >= 11 is 5.00. The molecule has 1 heterocycles. The van der Waals surface area contributed by atoms with Crippen LogP contribution < -0.4 is 10.5 Å². The summed E-state index contributed by atoms with van der Waals surface area (Å²) in [4.78, 5) is 4.36. The highest BCUT2D eigenvalue weighted by Gasteiger charge is 2.27. The lowest BCUT2D eigenvalue weighted by molar-refractivity contribution is 1.14. The van der Waals surface area contributed by atoms with Crippen LogP contribution in [0.15, 0.2) is 40.9 Å². The Hall–Kier alpha value is -1.33. The van der Waals surface area contributed by atoms with Crippen LogP contribution in [0.5, 0.6) is 0 Å². The Kier molecular flexibility index (Phi) is 4.27. The van der Waals surface area contributed by atoms with Crippen molar-refractivity contribution in [3.63, 3.8) is 0 Å². The maximum atomic E-state index is 5.66. The van der Waals surface area contributed by atoms with Crippen molar-refractivity contribution in [1.82, 2.24) is 4.72 Å². The number of nitrogens with zero attached hydrogens (tertiary/aromatic N) is 1. The zero-order valence-corrected chi connectivity index (χ0v) is 12.9. The smallest absolute Gasteiger partial charge is 0.173 e. The van der Waals surface area contributed by atoms with Crippen molar-refractivity contribution in [1.29, 1.82) is 0 Å². The number of thiocarbonyl (C=S) groups is 1. The molecule has 0 aliphatic carbocycles. The molecule has 1 aromatic rings. The van der Waals surface area contributed by atoms with E-state index in [1.165, 1.54) is 11.1 Å². The highest BCUT2D eigenvalue weighted by atomic mass is 32.3. The van der Waals surface area contributed by atoms with Crippen molar-refractivity contribution in [2.75, 3.05) is 5.75 Å². The lowest BCUT2D eigenvalue weighted by Gasteiger charge is -2.35. The minimum Gasteiger partial charge on any atom is -0.376 e. The van der Waals surface area contributed by atoms with E-state index in [-0.39, 0.29) is 0 Å². The Morgan fingerprint density at radius 1 is 1.32 bits per heavy atom. The van der Waals surface area contributed by atoms with Crippen LogP contribution in [0, 0.1) is 6.92 Å². The highest BCUT2D eigenvalue weighted by molar-refractivity contribution is 8.46. The van der Waals surface area contributed by atoms with Crippen molar-refractivity contribution >= 4 is 32.6 Å². The molecule has 1 aliphatic rings. The molecule has 0 fully saturated rings. The normalized spacial score (nSPS) is 24.6. The van der Waals surface area contributed by atoms with Gasteiger partial charge in [0.15, 0.2) is 5.11 Å². The van der Waals surface area contributed by atoms with E-state index in [2.05, 4.69) is 46.3 Å². The summed E-state index contributed by atoms with van der Waals surface area (Å²) in [5.74, 6) is 0.971. The van der Waals surface area contributed by atoms with Crippen LogP contribution in [0.2, 0.25) is 0 Å². The Labute approximate surface area is 121 Å². The standard InChI is InChI=1S/C14H19N3S2/c1-11-3-5-13(6-4-11)7-9-19(17-14(15)18)10-8-16-12(19)2/h3-6,8,10H,7,9H2,1-2H3,(H3,15,17,18). The summed E-state index contributed by atoms with van der Waals surface area (Å²) in [5.41, 5.74) is 8.27. The number of hydrogen-bond acceptors (Lipinski definition) is 2. The van der Waals surface area contributed by atoms with Gasteiger partial charge in [-0.15, -0.1) is 10.2 Å². The van der Waals surface area contributed by atoms with Crippen molar-refractivity contribution in [2.24, 2.45) is 10.7 Å². The molecule has 19 heavy (non-hydrogen) atoms. The minimum atomic E-state index is -1.29. The van der Waals surface area contributed by atoms with E-state index in [0.29, 0.717) is 5.11 Å². The summed E-state index contributed by atoms with van der Waals surface area (Å²) in [7, 11) is -1.29. The van der Waals surface area contributed by atoms with Crippen molar-refractivity contribution in [3.8, 4) is 0 Å². The predicted octanol–water partition coefficient (Wildman–Crippen LogP) is 2.99. The monoisotopic (exact) mass is 293 g/mol. The number of aliphatic imine (C=N–C) groups is 1. The van der Waals surface area contributed by atoms with Crippen LogP contribution in [0.1, 0.15) is 18.1 Å². The van der Waals surface area contributed by atoms with Crippen molar-refractivity contribution in [3.05, 3.63) is 47.0 Å². The first-order valence-corrected chi connectivity index (χ1v) is 8.44. The van der Waals surface area contributed by atoms with E-state index in [9.17, 15) is 0 Å². The predicted molar refractivity (Wildman–Crippen MR) is 89.5 cm³/mol. The zero-order valence-electron chi connectivity index (χ0n) is 11.2. The number of aryl methyl sites for hydroxylation is 2. The molecule has 0 saturated carbocycles. The maximum Gasteiger partial charge on any atom is 0.173 e. The van der Waals surface area contributed by atoms with E-state index in [4.69, 9.17) is 18.0 Å². The minimum absolute atomic E-state index is 0.347. The Bertz CT molecular complexity index is 534. The van der Waals surface area contributed by atoms with Gasteiger partial charge < -0.3 is 10.5 Å². The van der Waals surface area contributed by atoms with Gasteiger partial charge in [0, 0.05) is 12.0 Å². The maximum absolute atomic E-state index is 5.66. The molecule has 0 bridgehead atoms. The second-order valence-corrected chi connectivity index (χ2v) is 8.13. The average Bonchev–Trinajstić information content (AvgIpc) is 2.70. The Morgan fingerprint density at radius 2 is 2.00 bits per heavy atom. The summed E-state index contributed by atoms with van der Waals surface area (Å²) in [6.45, 7) is 4.14. The van der Waals surface area contributed by atoms with Crippen LogP contribution in [0.4, 0.5) is 0 Å². The van der Waals surface area contributed by atoms with Crippen LogP contribution in [0.3, 0.4) is 0 Å². The number of nitrogens with two attached hydrogens (primary N) is 1. The quantitative estimate of drug-likeness (QED) is 0.839. The molecule has 0 aromatic heterocycles. The Morgan fingerprint density at radius 3 is 2.53 bits per heavy atom. The van der Waals surface area contributed by atoms with E-state index in [0.717, 1.165) is 17.2 Å².